The monoisotopic (exact) mass is 306 g/mol. The van der Waals surface area contributed by atoms with Crippen molar-refractivity contribution in [1.29, 1.82) is 0 Å². The van der Waals surface area contributed by atoms with E-state index in [0.29, 0.717) is 12.8 Å². The molecular weight excluding hydrogens is 280 g/mol. The number of carbonyl (C=O) groups is 1. The minimum Gasteiger partial charge on any atom is -0.369 e. The third kappa shape index (κ3) is 4.29. The first kappa shape index (κ1) is 18.1. The van der Waals surface area contributed by atoms with Crippen molar-refractivity contribution in [2.24, 2.45) is 5.73 Å². The highest BCUT2D eigenvalue weighted by Gasteiger charge is 2.36. The maximum Gasteiger partial charge on any atom is 0.269 e. The van der Waals surface area contributed by atoms with Crippen molar-refractivity contribution >= 4 is 11.6 Å². The van der Waals surface area contributed by atoms with Crippen LogP contribution in [0.3, 0.4) is 0 Å². The molecule has 0 aliphatic heterocycles. The highest BCUT2D eigenvalue weighted by atomic mass is 16.6. The van der Waals surface area contributed by atoms with Gasteiger partial charge in [0.1, 0.15) is 0 Å². The van der Waals surface area contributed by atoms with Gasteiger partial charge in [0, 0.05) is 12.1 Å². The lowest BCUT2D eigenvalue weighted by molar-refractivity contribution is -0.384. The minimum absolute atomic E-state index is 0.0289. The molecule has 0 aliphatic carbocycles. The molecule has 1 aromatic rings. The molecule has 1 atom stereocenters. The second-order valence-electron chi connectivity index (χ2n) is 5.77. The average Bonchev–Trinajstić information content (AvgIpc) is 2.51. The van der Waals surface area contributed by atoms with Crippen molar-refractivity contribution in [2.45, 2.75) is 64.2 Å². The summed E-state index contributed by atoms with van der Waals surface area (Å²) in [5.41, 5.74) is 5.77. The lowest BCUT2D eigenvalue weighted by Gasteiger charge is -2.30. The SMILES string of the molecule is CCCCCCCC(CC)(C(N)=O)c1ccc([N+](=O)[O-])cc1. The molecule has 0 aliphatic rings. The lowest BCUT2D eigenvalue weighted by atomic mass is 9.73. The molecule has 1 aromatic carbocycles. The Bertz CT molecular complexity index is 499. The average molecular weight is 306 g/mol. The number of benzene rings is 1. The zero-order valence-electron chi connectivity index (χ0n) is 13.5. The van der Waals surface area contributed by atoms with Crippen LogP contribution in [0.4, 0.5) is 5.69 Å². The molecule has 0 heterocycles. The number of rotatable bonds is 10. The first-order chi connectivity index (χ1) is 10.5. The van der Waals surface area contributed by atoms with Gasteiger partial charge >= 0.3 is 0 Å². The fourth-order valence-electron chi connectivity index (χ4n) is 2.90. The van der Waals surface area contributed by atoms with E-state index in [4.69, 9.17) is 5.73 Å². The number of non-ortho nitro benzene ring substituents is 1. The van der Waals surface area contributed by atoms with Gasteiger partial charge in [-0.05, 0) is 18.4 Å². The Morgan fingerprint density at radius 1 is 1.14 bits per heavy atom. The molecule has 122 valence electrons. The van der Waals surface area contributed by atoms with Crippen LogP contribution in [-0.2, 0) is 10.2 Å². The highest BCUT2D eigenvalue weighted by Crippen LogP contribution is 2.34. The molecule has 0 saturated carbocycles. The molecule has 0 saturated heterocycles. The van der Waals surface area contributed by atoms with Crippen LogP contribution in [0.5, 0.6) is 0 Å². The summed E-state index contributed by atoms with van der Waals surface area (Å²) < 4.78 is 0. The molecule has 0 radical (unpaired) electrons. The van der Waals surface area contributed by atoms with Crippen LogP contribution >= 0.6 is 0 Å². The van der Waals surface area contributed by atoms with E-state index < -0.39 is 10.3 Å². The maximum absolute atomic E-state index is 12.1. The summed E-state index contributed by atoms with van der Waals surface area (Å²) in [6.07, 6.45) is 6.86. The molecule has 0 aromatic heterocycles. The summed E-state index contributed by atoms with van der Waals surface area (Å²) >= 11 is 0. The van der Waals surface area contributed by atoms with E-state index in [9.17, 15) is 14.9 Å². The van der Waals surface area contributed by atoms with E-state index in [1.165, 1.54) is 25.0 Å². The molecule has 2 N–H and O–H groups in total. The number of nitrogens with zero attached hydrogens (tertiary/aromatic N) is 1. The topological polar surface area (TPSA) is 86.2 Å². The van der Waals surface area contributed by atoms with Gasteiger partial charge < -0.3 is 5.73 Å². The molecule has 1 rings (SSSR count). The Kier molecular flexibility index (Phi) is 7.02. The predicted octanol–water partition coefficient (Wildman–Crippen LogP) is 4.09. The van der Waals surface area contributed by atoms with Crippen LogP contribution in [0.1, 0.15) is 64.4 Å². The van der Waals surface area contributed by atoms with E-state index in [-0.39, 0.29) is 11.6 Å². The van der Waals surface area contributed by atoms with E-state index >= 15 is 0 Å². The summed E-state index contributed by atoms with van der Waals surface area (Å²) in [5, 5.41) is 10.8. The summed E-state index contributed by atoms with van der Waals surface area (Å²) in [6.45, 7) is 4.11. The summed E-state index contributed by atoms with van der Waals surface area (Å²) in [7, 11) is 0. The number of hydrogen-bond donors (Lipinski definition) is 1. The smallest absolute Gasteiger partial charge is 0.269 e. The molecule has 1 unspecified atom stereocenters. The van der Waals surface area contributed by atoms with Crippen molar-refractivity contribution in [2.75, 3.05) is 0 Å². The predicted molar refractivity (Wildman–Crippen MR) is 87.6 cm³/mol. The molecule has 1 amide bonds. The van der Waals surface area contributed by atoms with Crippen molar-refractivity contribution < 1.29 is 9.72 Å². The first-order valence-electron chi connectivity index (χ1n) is 8.02. The molecule has 5 heteroatoms. The van der Waals surface area contributed by atoms with Crippen molar-refractivity contribution in [3.8, 4) is 0 Å². The Morgan fingerprint density at radius 2 is 1.73 bits per heavy atom. The van der Waals surface area contributed by atoms with E-state index in [1.807, 2.05) is 6.92 Å². The summed E-state index contributed by atoms with van der Waals surface area (Å²) in [5.74, 6) is -0.348. The minimum atomic E-state index is -0.721. The van der Waals surface area contributed by atoms with E-state index in [2.05, 4.69) is 6.92 Å². The molecule has 5 nitrogen and oxygen atoms in total. The third-order valence-corrected chi connectivity index (χ3v) is 4.41. The summed E-state index contributed by atoms with van der Waals surface area (Å²) in [4.78, 5) is 22.4. The number of primary amides is 1. The van der Waals surface area contributed by atoms with Crippen LogP contribution in [-0.4, -0.2) is 10.8 Å². The number of carbonyl (C=O) groups excluding carboxylic acids is 1. The number of amides is 1. The maximum atomic E-state index is 12.1. The first-order valence-corrected chi connectivity index (χ1v) is 8.02. The number of nitro benzene ring substituents is 1. The molecule has 22 heavy (non-hydrogen) atoms. The quantitative estimate of drug-likeness (QED) is 0.401. The fraction of sp³-hybridized carbons (Fsp3) is 0.588. The van der Waals surface area contributed by atoms with Gasteiger partial charge in [-0.25, -0.2) is 0 Å². The van der Waals surface area contributed by atoms with Crippen molar-refractivity contribution in [3.05, 3.63) is 39.9 Å². The fourth-order valence-corrected chi connectivity index (χ4v) is 2.90. The van der Waals surface area contributed by atoms with Crippen molar-refractivity contribution in [1.82, 2.24) is 0 Å². The third-order valence-electron chi connectivity index (χ3n) is 4.41. The van der Waals surface area contributed by atoms with Gasteiger partial charge in [0.25, 0.3) is 5.69 Å². The van der Waals surface area contributed by atoms with Crippen molar-refractivity contribution in [3.63, 3.8) is 0 Å². The van der Waals surface area contributed by atoms with Gasteiger partial charge in [0.2, 0.25) is 5.91 Å². The second kappa shape index (κ2) is 8.51. The highest BCUT2D eigenvalue weighted by molar-refractivity contribution is 5.86. The molecule has 0 bridgehead atoms. The lowest BCUT2D eigenvalue weighted by Crippen LogP contribution is -2.40. The standard InChI is InChI=1S/C17H26N2O3/c1-3-5-6-7-8-13-17(4-2,16(18)20)14-9-11-15(12-10-14)19(21)22/h9-12H,3-8,13H2,1-2H3,(H2,18,20). The van der Waals surface area contributed by atoms with Gasteiger partial charge in [-0.2, -0.15) is 0 Å². The molecular formula is C17H26N2O3. The van der Waals surface area contributed by atoms with Gasteiger partial charge in [0.05, 0.1) is 10.3 Å². The van der Waals surface area contributed by atoms with E-state index in [1.54, 1.807) is 12.1 Å². The summed E-state index contributed by atoms with van der Waals surface area (Å²) in [6, 6.07) is 6.22. The number of nitro groups is 1. The van der Waals surface area contributed by atoms with Gasteiger partial charge in [-0.1, -0.05) is 58.1 Å². The van der Waals surface area contributed by atoms with Gasteiger partial charge in [-0.3, -0.25) is 14.9 Å². The largest absolute Gasteiger partial charge is 0.369 e. The number of hydrogen-bond acceptors (Lipinski definition) is 3. The van der Waals surface area contributed by atoms with Crippen LogP contribution in [0.25, 0.3) is 0 Å². The Balaban J connectivity index is 2.90. The van der Waals surface area contributed by atoms with Crippen LogP contribution in [0.15, 0.2) is 24.3 Å². The number of nitrogens with two attached hydrogens (primary N) is 1. The van der Waals surface area contributed by atoms with Gasteiger partial charge in [-0.15, -0.1) is 0 Å². The Hall–Kier alpha value is -1.91. The number of unbranched alkanes of at least 4 members (excludes halogenated alkanes) is 4. The van der Waals surface area contributed by atoms with Crippen LogP contribution in [0, 0.1) is 10.1 Å². The van der Waals surface area contributed by atoms with E-state index in [0.717, 1.165) is 24.8 Å². The normalized spacial score (nSPS) is 13.5. The second-order valence-corrected chi connectivity index (χ2v) is 5.77. The molecule has 0 spiro atoms. The van der Waals surface area contributed by atoms with Gasteiger partial charge in [0.15, 0.2) is 0 Å². The molecule has 0 fully saturated rings. The Morgan fingerprint density at radius 3 is 2.18 bits per heavy atom. The zero-order chi connectivity index (χ0) is 16.6. The Labute approximate surface area is 132 Å². The van der Waals surface area contributed by atoms with Crippen LogP contribution < -0.4 is 5.73 Å². The van der Waals surface area contributed by atoms with Crippen LogP contribution in [0.2, 0.25) is 0 Å². The zero-order valence-corrected chi connectivity index (χ0v) is 13.5.